The Hall–Kier alpha value is -2.48. The molecule has 0 radical (unpaired) electrons. The van der Waals surface area contributed by atoms with E-state index < -0.39 is 28.6 Å². The SMILES string of the molecule is CCn1cc(C(=O)O)c(=O)c2cc(F)c(N3CC4(C)CCCC3CN4)c(F)c21. The van der Waals surface area contributed by atoms with Crippen LogP contribution in [0.15, 0.2) is 17.1 Å². The summed E-state index contributed by atoms with van der Waals surface area (Å²) < 4.78 is 32.1. The molecule has 1 aromatic carbocycles. The number of aromatic nitrogens is 1. The topological polar surface area (TPSA) is 74.6 Å². The molecular formula is C20H23F2N3O3. The summed E-state index contributed by atoms with van der Waals surface area (Å²) in [5.41, 5.74) is -1.77. The van der Waals surface area contributed by atoms with E-state index in [4.69, 9.17) is 0 Å². The first-order valence-corrected chi connectivity index (χ1v) is 9.56. The predicted octanol–water partition coefficient (Wildman–Crippen LogP) is 2.72. The minimum atomic E-state index is -1.41. The highest BCUT2D eigenvalue weighted by Gasteiger charge is 2.41. The van der Waals surface area contributed by atoms with Crippen molar-refractivity contribution in [1.29, 1.82) is 0 Å². The summed E-state index contributed by atoms with van der Waals surface area (Å²) in [6.07, 6.45) is 3.87. The number of piperazine rings is 1. The molecule has 0 amide bonds. The maximum Gasteiger partial charge on any atom is 0.341 e. The van der Waals surface area contributed by atoms with Crippen LogP contribution in [0.4, 0.5) is 14.5 Å². The van der Waals surface area contributed by atoms with E-state index in [2.05, 4.69) is 12.2 Å². The van der Waals surface area contributed by atoms with Gasteiger partial charge in [0.1, 0.15) is 17.1 Å². The minimum Gasteiger partial charge on any atom is -0.477 e. The number of aromatic carboxylic acids is 1. The third-order valence-electron chi connectivity index (χ3n) is 6.08. The van der Waals surface area contributed by atoms with Crippen LogP contribution in [-0.2, 0) is 6.54 Å². The van der Waals surface area contributed by atoms with Crippen molar-refractivity contribution in [3.05, 3.63) is 39.7 Å². The fraction of sp³-hybridized carbons (Fsp3) is 0.500. The van der Waals surface area contributed by atoms with Gasteiger partial charge in [-0.25, -0.2) is 13.6 Å². The molecule has 3 aliphatic heterocycles. The zero-order valence-electron chi connectivity index (χ0n) is 15.9. The van der Waals surface area contributed by atoms with Crippen molar-refractivity contribution in [2.45, 2.75) is 51.2 Å². The Morgan fingerprint density at radius 3 is 2.86 bits per heavy atom. The molecule has 3 fully saturated rings. The van der Waals surface area contributed by atoms with Crippen LogP contribution in [0.25, 0.3) is 10.9 Å². The van der Waals surface area contributed by atoms with Crippen LogP contribution in [0.2, 0.25) is 0 Å². The Kier molecular flexibility index (Phi) is 4.41. The third kappa shape index (κ3) is 2.78. The van der Waals surface area contributed by atoms with Gasteiger partial charge in [0.2, 0.25) is 5.43 Å². The molecule has 28 heavy (non-hydrogen) atoms. The van der Waals surface area contributed by atoms with E-state index in [9.17, 15) is 14.7 Å². The number of anilines is 1. The van der Waals surface area contributed by atoms with Crippen LogP contribution in [0, 0.1) is 11.6 Å². The minimum absolute atomic E-state index is 0.0304. The molecule has 2 aromatic rings. The molecule has 3 saturated heterocycles. The second-order valence-electron chi connectivity index (χ2n) is 8.00. The fourth-order valence-corrected chi connectivity index (χ4v) is 4.59. The van der Waals surface area contributed by atoms with Gasteiger partial charge in [0.05, 0.1) is 10.9 Å². The summed E-state index contributed by atoms with van der Waals surface area (Å²) in [5, 5.41) is 12.5. The van der Waals surface area contributed by atoms with Gasteiger partial charge in [0, 0.05) is 37.4 Å². The first-order valence-electron chi connectivity index (χ1n) is 9.56. The lowest BCUT2D eigenvalue weighted by atomic mass is 9.95. The van der Waals surface area contributed by atoms with Gasteiger partial charge >= 0.3 is 5.97 Å². The standard InChI is InChI=1S/C20H23F2N3O3/c1-3-24-9-13(19(27)28)18(26)12-7-14(21)17(15(22)16(12)24)25-10-20(2)6-4-5-11(25)8-23-20/h7,9,11,23H,3-6,8,10H2,1-2H3,(H,27,28). The monoisotopic (exact) mass is 391 g/mol. The van der Waals surface area contributed by atoms with Crippen LogP contribution in [0.5, 0.6) is 0 Å². The molecule has 0 spiro atoms. The number of carboxylic acids is 1. The molecule has 3 aliphatic rings. The average molecular weight is 391 g/mol. The molecule has 2 N–H and O–H groups in total. The van der Waals surface area contributed by atoms with Crippen molar-refractivity contribution >= 4 is 22.6 Å². The van der Waals surface area contributed by atoms with Gasteiger partial charge in [-0.2, -0.15) is 0 Å². The number of nitrogens with one attached hydrogen (secondary N) is 1. The van der Waals surface area contributed by atoms with Crippen LogP contribution in [0.1, 0.15) is 43.5 Å². The number of carboxylic acid groups (broad SMARTS) is 1. The number of carbonyl (C=O) groups is 1. The molecule has 2 unspecified atom stereocenters. The van der Waals surface area contributed by atoms with Crippen molar-refractivity contribution in [2.24, 2.45) is 0 Å². The molecule has 4 heterocycles. The number of fused-ring (bicyclic) bond motifs is 5. The van der Waals surface area contributed by atoms with E-state index >= 15 is 8.78 Å². The molecule has 150 valence electrons. The highest BCUT2D eigenvalue weighted by molar-refractivity contribution is 5.93. The average Bonchev–Trinajstić information content (AvgIpc) is 2.92. The normalized spacial score (nSPS) is 24.6. The van der Waals surface area contributed by atoms with Crippen molar-refractivity contribution in [3.8, 4) is 0 Å². The lowest BCUT2D eigenvalue weighted by Gasteiger charge is -2.44. The van der Waals surface area contributed by atoms with Gasteiger partial charge in [0.15, 0.2) is 5.82 Å². The molecule has 6 nitrogen and oxygen atoms in total. The maximum absolute atomic E-state index is 15.6. The second-order valence-corrected chi connectivity index (χ2v) is 8.00. The van der Waals surface area contributed by atoms with Crippen LogP contribution < -0.4 is 15.6 Å². The largest absolute Gasteiger partial charge is 0.477 e. The smallest absolute Gasteiger partial charge is 0.341 e. The fourth-order valence-electron chi connectivity index (χ4n) is 4.59. The number of pyridine rings is 1. The summed E-state index contributed by atoms with van der Waals surface area (Å²) >= 11 is 0. The van der Waals surface area contributed by atoms with Crippen molar-refractivity contribution in [3.63, 3.8) is 0 Å². The molecule has 5 rings (SSSR count). The molecule has 1 aromatic heterocycles. The number of halogens is 2. The summed E-state index contributed by atoms with van der Waals surface area (Å²) in [7, 11) is 0. The van der Waals surface area contributed by atoms with E-state index in [1.54, 1.807) is 11.8 Å². The van der Waals surface area contributed by atoms with Crippen LogP contribution >= 0.6 is 0 Å². The first-order chi connectivity index (χ1) is 13.3. The Balaban J connectivity index is 1.98. The lowest BCUT2D eigenvalue weighted by molar-refractivity contribution is 0.0695. The van der Waals surface area contributed by atoms with Gasteiger partial charge < -0.3 is 19.9 Å². The van der Waals surface area contributed by atoms with E-state index in [1.807, 2.05) is 0 Å². The third-order valence-corrected chi connectivity index (χ3v) is 6.08. The van der Waals surface area contributed by atoms with Crippen molar-refractivity contribution < 1.29 is 18.7 Å². The first kappa shape index (κ1) is 18.9. The van der Waals surface area contributed by atoms with Crippen LogP contribution in [0.3, 0.4) is 0 Å². The molecule has 8 heteroatoms. The highest BCUT2D eigenvalue weighted by atomic mass is 19.1. The van der Waals surface area contributed by atoms with E-state index in [-0.39, 0.29) is 34.7 Å². The molecule has 0 aliphatic carbocycles. The van der Waals surface area contributed by atoms with E-state index in [0.29, 0.717) is 13.1 Å². The summed E-state index contributed by atoms with van der Waals surface area (Å²) in [5.74, 6) is -3.05. The number of hydrogen-bond acceptors (Lipinski definition) is 4. The molecule has 2 bridgehead atoms. The molecule has 2 atom stereocenters. The Labute approximate surface area is 160 Å². The number of aryl methyl sites for hydroxylation is 1. The van der Waals surface area contributed by atoms with Gasteiger partial charge in [-0.1, -0.05) is 0 Å². The zero-order chi connectivity index (χ0) is 20.2. The quantitative estimate of drug-likeness (QED) is 0.842. The Bertz CT molecular complexity index is 1030. The molecular weight excluding hydrogens is 368 g/mol. The summed E-state index contributed by atoms with van der Waals surface area (Å²) in [6.45, 7) is 5.14. The van der Waals surface area contributed by atoms with E-state index in [0.717, 1.165) is 31.5 Å². The maximum atomic E-state index is 15.6. The van der Waals surface area contributed by atoms with Gasteiger partial charge in [-0.05, 0) is 39.2 Å². The van der Waals surface area contributed by atoms with Gasteiger partial charge in [-0.3, -0.25) is 4.79 Å². The van der Waals surface area contributed by atoms with Crippen LogP contribution in [-0.4, -0.2) is 40.3 Å². The number of hydrogen-bond donors (Lipinski definition) is 2. The zero-order valence-corrected chi connectivity index (χ0v) is 15.9. The number of benzene rings is 1. The van der Waals surface area contributed by atoms with Crippen molar-refractivity contribution in [1.82, 2.24) is 9.88 Å². The Morgan fingerprint density at radius 1 is 1.43 bits per heavy atom. The highest BCUT2D eigenvalue weighted by Crippen LogP contribution is 2.37. The van der Waals surface area contributed by atoms with Gasteiger partial charge in [0.25, 0.3) is 0 Å². The number of nitrogens with zero attached hydrogens (tertiary/aromatic N) is 2. The van der Waals surface area contributed by atoms with E-state index in [1.165, 1.54) is 4.57 Å². The number of rotatable bonds is 3. The summed E-state index contributed by atoms with van der Waals surface area (Å²) in [6, 6.07) is 0.959. The molecule has 0 saturated carbocycles. The second kappa shape index (κ2) is 6.55. The Morgan fingerprint density at radius 2 is 2.18 bits per heavy atom. The van der Waals surface area contributed by atoms with Gasteiger partial charge in [-0.15, -0.1) is 0 Å². The summed E-state index contributed by atoms with van der Waals surface area (Å²) in [4.78, 5) is 25.7. The predicted molar refractivity (Wildman–Crippen MR) is 102 cm³/mol. The van der Waals surface area contributed by atoms with Crippen molar-refractivity contribution in [2.75, 3.05) is 18.0 Å². The lowest BCUT2D eigenvalue weighted by Crippen LogP contribution is -2.61.